The largest absolute Gasteiger partial charge is 0.492 e. The molecule has 0 bridgehead atoms. The SMILES string of the molecule is CCOc1ccccc1N1CCN(C(=O)C(C)Oc2cccc(C)c2)CC1. The second-order valence-corrected chi connectivity index (χ2v) is 6.79. The van der Waals surface area contributed by atoms with E-state index in [0.29, 0.717) is 19.7 Å². The summed E-state index contributed by atoms with van der Waals surface area (Å²) >= 11 is 0. The van der Waals surface area contributed by atoms with Crippen molar-refractivity contribution < 1.29 is 14.3 Å². The summed E-state index contributed by atoms with van der Waals surface area (Å²) in [5.74, 6) is 1.67. The van der Waals surface area contributed by atoms with Crippen molar-refractivity contribution in [2.75, 3.05) is 37.7 Å². The van der Waals surface area contributed by atoms with Gasteiger partial charge in [-0.25, -0.2) is 0 Å². The van der Waals surface area contributed by atoms with Crippen molar-refractivity contribution in [3.05, 3.63) is 54.1 Å². The lowest BCUT2D eigenvalue weighted by atomic mass is 10.2. The molecule has 1 saturated heterocycles. The highest BCUT2D eigenvalue weighted by molar-refractivity contribution is 5.81. The highest BCUT2D eigenvalue weighted by Gasteiger charge is 2.27. The molecule has 144 valence electrons. The Hall–Kier alpha value is -2.69. The number of piperazine rings is 1. The number of amides is 1. The number of hydrogen-bond donors (Lipinski definition) is 0. The van der Waals surface area contributed by atoms with Crippen LogP contribution in [0.5, 0.6) is 11.5 Å². The summed E-state index contributed by atoms with van der Waals surface area (Å²) in [6.07, 6.45) is -0.492. The summed E-state index contributed by atoms with van der Waals surface area (Å²) in [7, 11) is 0. The number of rotatable bonds is 6. The lowest BCUT2D eigenvalue weighted by molar-refractivity contribution is -0.138. The van der Waals surface area contributed by atoms with Gasteiger partial charge >= 0.3 is 0 Å². The molecule has 2 aromatic rings. The number of benzene rings is 2. The molecule has 0 N–H and O–H groups in total. The van der Waals surface area contributed by atoms with Crippen molar-refractivity contribution in [1.29, 1.82) is 0 Å². The van der Waals surface area contributed by atoms with Crippen LogP contribution in [-0.2, 0) is 4.79 Å². The molecule has 0 spiro atoms. The number of carbonyl (C=O) groups excluding carboxylic acids is 1. The molecule has 5 nitrogen and oxygen atoms in total. The van der Waals surface area contributed by atoms with Crippen LogP contribution in [0.4, 0.5) is 5.69 Å². The Morgan fingerprint density at radius 2 is 1.81 bits per heavy atom. The standard InChI is InChI=1S/C22H28N2O3/c1-4-26-21-11-6-5-10-20(21)23-12-14-24(15-13-23)22(25)18(3)27-19-9-7-8-17(2)16-19/h5-11,16,18H,4,12-15H2,1-3H3. The quantitative estimate of drug-likeness (QED) is 0.783. The van der Waals surface area contributed by atoms with Crippen LogP contribution in [0.2, 0.25) is 0 Å². The molecule has 0 radical (unpaired) electrons. The molecule has 0 saturated carbocycles. The van der Waals surface area contributed by atoms with E-state index in [4.69, 9.17) is 9.47 Å². The summed E-state index contributed by atoms with van der Waals surface area (Å²) in [5.41, 5.74) is 2.21. The molecular weight excluding hydrogens is 340 g/mol. The van der Waals surface area contributed by atoms with Gasteiger partial charge in [-0.3, -0.25) is 4.79 Å². The third kappa shape index (κ3) is 4.73. The van der Waals surface area contributed by atoms with Gasteiger partial charge in [-0.05, 0) is 50.6 Å². The third-order valence-electron chi connectivity index (χ3n) is 4.75. The van der Waals surface area contributed by atoms with Gasteiger partial charge in [0, 0.05) is 26.2 Å². The molecule has 1 amide bonds. The van der Waals surface area contributed by atoms with E-state index < -0.39 is 6.10 Å². The molecule has 0 aliphatic carbocycles. The topological polar surface area (TPSA) is 42.0 Å². The lowest BCUT2D eigenvalue weighted by Crippen LogP contribution is -2.52. The molecule has 2 aromatic carbocycles. The summed E-state index contributed by atoms with van der Waals surface area (Å²) in [4.78, 5) is 16.9. The highest BCUT2D eigenvalue weighted by Crippen LogP contribution is 2.29. The van der Waals surface area contributed by atoms with Crippen LogP contribution in [0, 0.1) is 6.92 Å². The zero-order valence-electron chi connectivity index (χ0n) is 16.4. The van der Waals surface area contributed by atoms with Crippen LogP contribution in [0.1, 0.15) is 19.4 Å². The molecular formula is C22H28N2O3. The van der Waals surface area contributed by atoms with Gasteiger partial charge in [-0.15, -0.1) is 0 Å². The fourth-order valence-corrected chi connectivity index (χ4v) is 3.36. The van der Waals surface area contributed by atoms with Crippen molar-refractivity contribution in [1.82, 2.24) is 4.90 Å². The first-order valence-corrected chi connectivity index (χ1v) is 9.57. The van der Waals surface area contributed by atoms with Gasteiger partial charge < -0.3 is 19.3 Å². The van der Waals surface area contributed by atoms with Gasteiger partial charge in [0.05, 0.1) is 12.3 Å². The molecule has 0 aromatic heterocycles. The van der Waals surface area contributed by atoms with Gasteiger partial charge in [0.1, 0.15) is 11.5 Å². The van der Waals surface area contributed by atoms with E-state index >= 15 is 0 Å². The average Bonchev–Trinajstić information content (AvgIpc) is 2.68. The maximum absolute atomic E-state index is 12.8. The third-order valence-corrected chi connectivity index (χ3v) is 4.75. The van der Waals surface area contributed by atoms with Crippen LogP contribution < -0.4 is 14.4 Å². The zero-order chi connectivity index (χ0) is 19.2. The average molecular weight is 368 g/mol. The van der Waals surface area contributed by atoms with Crippen molar-refractivity contribution in [2.45, 2.75) is 26.9 Å². The molecule has 1 aliphatic rings. The van der Waals surface area contributed by atoms with Crippen molar-refractivity contribution in [2.24, 2.45) is 0 Å². The number of aryl methyl sites for hydroxylation is 1. The molecule has 1 heterocycles. The normalized spacial score (nSPS) is 15.4. The molecule has 5 heteroatoms. The molecule has 1 unspecified atom stereocenters. The number of anilines is 1. The number of para-hydroxylation sites is 2. The predicted molar refractivity (Wildman–Crippen MR) is 108 cm³/mol. The minimum absolute atomic E-state index is 0.0363. The Kier molecular flexibility index (Phi) is 6.22. The Morgan fingerprint density at radius 3 is 2.52 bits per heavy atom. The minimum Gasteiger partial charge on any atom is -0.492 e. The number of ether oxygens (including phenoxy) is 2. The number of carbonyl (C=O) groups is 1. The fraction of sp³-hybridized carbons (Fsp3) is 0.409. The van der Waals surface area contributed by atoms with Crippen molar-refractivity contribution in [3.8, 4) is 11.5 Å². The van der Waals surface area contributed by atoms with Gasteiger partial charge in [0.2, 0.25) is 0 Å². The summed E-state index contributed by atoms with van der Waals surface area (Å²) in [6, 6.07) is 15.9. The first-order chi connectivity index (χ1) is 13.1. The van der Waals surface area contributed by atoms with E-state index in [1.165, 1.54) is 0 Å². The van der Waals surface area contributed by atoms with Gasteiger partial charge in [0.15, 0.2) is 6.10 Å². The molecule has 3 rings (SSSR count). The van der Waals surface area contributed by atoms with E-state index in [9.17, 15) is 4.79 Å². The molecule has 1 atom stereocenters. The second kappa shape index (κ2) is 8.80. The first-order valence-electron chi connectivity index (χ1n) is 9.57. The van der Waals surface area contributed by atoms with Crippen LogP contribution in [-0.4, -0.2) is 49.7 Å². The van der Waals surface area contributed by atoms with Gasteiger partial charge in [0.25, 0.3) is 5.91 Å². The fourth-order valence-electron chi connectivity index (χ4n) is 3.36. The van der Waals surface area contributed by atoms with E-state index in [1.54, 1.807) is 0 Å². The van der Waals surface area contributed by atoms with Crippen molar-refractivity contribution in [3.63, 3.8) is 0 Å². The van der Waals surface area contributed by atoms with E-state index in [-0.39, 0.29) is 5.91 Å². The Bertz CT molecular complexity index is 770. The Morgan fingerprint density at radius 1 is 1.07 bits per heavy atom. The van der Waals surface area contributed by atoms with E-state index in [2.05, 4.69) is 11.0 Å². The van der Waals surface area contributed by atoms with Crippen LogP contribution in [0.15, 0.2) is 48.5 Å². The smallest absolute Gasteiger partial charge is 0.263 e. The molecule has 27 heavy (non-hydrogen) atoms. The highest BCUT2D eigenvalue weighted by atomic mass is 16.5. The summed E-state index contributed by atoms with van der Waals surface area (Å²) < 4.78 is 11.6. The number of nitrogens with zero attached hydrogens (tertiary/aromatic N) is 2. The summed E-state index contributed by atoms with van der Waals surface area (Å²) in [6.45, 7) is 9.40. The molecule has 1 aliphatic heterocycles. The Balaban J connectivity index is 1.58. The zero-order valence-corrected chi connectivity index (χ0v) is 16.4. The van der Waals surface area contributed by atoms with Crippen molar-refractivity contribution >= 4 is 11.6 Å². The maximum Gasteiger partial charge on any atom is 0.263 e. The lowest BCUT2D eigenvalue weighted by Gasteiger charge is -2.37. The maximum atomic E-state index is 12.8. The molecule has 1 fully saturated rings. The minimum atomic E-state index is -0.492. The predicted octanol–water partition coefficient (Wildman–Crippen LogP) is 3.51. The Labute approximate surface area is 161 Å². The first kappa shape index (κ1) is 19.1. The monoisotopic (exact) mass is 368 g/mol. The van der Waals surface area contributed by atoms with Crippen LogP contribution >= 0.6 is 0 Å². The van der Waals surface area contributed by atoms with E-state index in [1.807, 2.05) is 68.1 Å². The van der Waals surface area contributed by atoms with Crippen LogP contribution in [0.3, 0.4) is 0 Å². The number of hydrogen-bond acceptors (Lipinski definition) is 4. The van der Waals surface area contributed by atoms with Crippen LogP contribution in [0.25, 0.3) is 0 Å². The van der Waals surface area contributed by atoms with Gasteiger partial charge in [-0.1, -0.05) is 24.3 Å². The summed E-state index contributed by atoms with van der Waals surface area (Å²) in [5, 5.41) is 0. The van der Waals surface area contributed by atoms with E-state index in [0.717, 1.165) is 35.8 Å². The van der Waals surface area contributed by atoms with Gasteiger partial charge in [-0.2, -0.15) is 0 Å². The second-order valence-electron chi connectivity index (χ2n) is 6.79.